The van der Waals surface area contributed by atoms with Gasteiger partial charge in [-0.2, -0.15) is 0 Å². The van der Waals surface area contributed by atoms with E-state index in [1.165, 1.54) is 5.56 Å². The molecule has 0 spiro atoms. The maximum Gasteiger partial charge on any atom is 0.291 e. The third-order valence-corrected chi connectivity index (χ3v) is 4.01. The second-order valence-electron chi connectivity index (χ2n) is 5.91. The number of halogens is 1. The summed E-state index contributed by atoms with van der Waals surface area (Å²) in [6.45, 7) is 4.27. The first kappa shape index (κ1) is 16.3. The van der Waals surface area contributed by atoms with Gasteiger partial charge in [-0.3, -0.25) is 4.79 Å². The van der Waals surface area contributed by atoms with Gasteiger partial charge in [0.15, 0.2) is 5.76 Å². The molecule has 1 aromatic heterocycles. The zero-order valence-corrected chi connectivity index (χ0v) is 14.3. The largest absolute Gasteiger partial charge is 0.451 e. The van der Waals surface area contributed by atoms with E-state index in [4.69, 9.17) is 16.0 Å². The lowest BCUT2D eigenvalue weighted by Gasteiger charge is -2.07. The van der Waals surface area contributed by atoms with Crippen LogP contribution in [0.25, 0.3) is 11.3 Å². The average molecular weight is 340 g/mol. The summed E-state index contributed by atoms with van der Waals surface area (Å²) in [7, 11) is 0. The molecule has 122 valence electrons. The molecule has 0 fully saturated rings. The van der Waals surface area contributed by atoms with Gasteiger partial charge in [-0.1, -0.05) is 49.7 Å². The fourth-order valence-corrected chi connectivity index (χ4v) is 2.59. The van der Waals surface area contributed by atoms with Crippen LogP contribution in [-0.2, 0) is 0 Å². The zero-order valence-electron chi connectivity index (χ0n) is 13.5. The van der Waals surface area contributed by atoms with Crippen LogP contribution in [-0.4, -0.2) is 5.91 Å². The highest BCUT2D eigenvalue weighted by molar-refractivity contribution is 6.30. The molecule has 24 heavy (non-hydrogen) atoms. The molecule has 0 bridgehead atoms. The second kappa shape index (κ2) is 6.93. The molecule has 4 heteroatoms. The standard InChI is InChI=1S/C20H18ClNO2/c1-13(2)14-6-8-17(9-7-14)22-20(23)19-11-10-18(24-19)15-4-3-5-16(21)12-15/h3-13H,1-2H3,(H,22,23). The van der Waals surface area contributed by atoms with Crippen LogP contribution in [0.5, 0.6) is 0 Å². The number of amides is 1. The molecule has 0 saturated heterocycles. The van der Waals surface area contributed by atoms with E-state index in [0.717, 1.165) is 11.3 Å². The normalized spacial score (nSPS) is 10.8. The molecule has 3 aromatic rings. The van der Waals surface area contributed by atoms with Crippen molar-refractivity contribution in [3.05, 3.63) is 77.0 Å². The van der Waals surface area contributed by atoms with Crippen LogP contribution >= 0.6 is 11.6 Å². The van der Waals surface area contributed by atoms with Crippen LogP contribution < -0.4 is 5.32 Å². The molecule has 0 aliphatic rings. The Bertz CT molecular complexity index is 850. The maximum atomic E-state index is 12.3. The second-order valence-corrected chi connectivity index (χ2v) is 6.34. The first-order valence-electron chi connectivity index (χ1n) is 7.80. The van der Waals surface area contributed by atoms with Crippen LogP contribution in [0.3, 0.4) is 0 Å². The van der Waals surface area contributed by atoms with Crippen LogP contribution in [0.15, 0.2) is 65.1 Å². The van der Waals surface area contributed by atoms with Crippen molar-refractivity contribution in [2.75, 3.05) is 5.32 Å². The Hall–Kier alpha value is -2.52. The minimum atomic E-state index is -0.277. The molecule has 1 amide bonds. The van der Waals surface area contributed by atoms with Gasteiger partial charge in [-0.05, 0) is 47.9 Å². The summed E-state index contributed by atoms with van der Waals surface area (Å²) < 4.78 is 5.65. The average Bonchev–Trinajstić information content (AvgIpc) is 3.05. The first-order valence-corrected chi connectivity index (χ1v) is 8.18. The first-order chi connectivity index (χ1) is 11.5. The van der Waals surface area contributed by atoms with Gasteiger partial charge in [0.25, 0.3) is 5.91 Å². The number of anilines is 1. The van der Waals surface area contributed by atoms with Crippen molar-refractivity contribution < 1.29 is 9.21 Å². The summed E-state index contributed by atoms with van der Waals surface area (Å²) in [5.74, 6) is 1.05. The summed E-state index contributed by atoms with van der Waals surface area (Å²) in [6.07, 6.45) is 0. The molecule has 1 N–H and O–H groups in total. The monoisotopic (exact) mass is 339 g/mol. The van der Waals surface area contributed by atoms with E-state index in [0.29, 0.717) is 16.7 Å². The van der Waals surface area contributed by atoms with Gasteiger partial charge in [0.2, 0.25) is 0 Å². The molecule has 0 radical (unpaired) electrons. The van der Waals surface area contributed by atoms with Crippen LogP contribution in [0.1, 0.15) is 35.9 Å². The number of benzene rings is 2. The number of carbonyl (C=O) groups is 1. The van der Waals surface area contributed by atoms with Crippen molar-refractivity contribution in [3.8, 4) is 11.3 Å². The van der Waals surface area contributed by atoms with Gasteiger partial charge in [0, 0.05) is 16.3 Å². The van der Waals surface area contributed by atoms with Crippen molar-refractivity contribution >= 4 is 23.2 Å². The molecule has 1 heterocycles. The Kier molecular flexibility index (Phi) is 4.72. The smallest absolute Gasteiger partial charge is 0.291 e. The van der Waals surface area contributed by atoms with Gasteiger partial charge in [-0.15, -0.1) is 0 Å². The van der Waals surface area contributed by atoms with Crippen LogP contribution in [0.4, 0.5) is 5.69 Å². The number of nitrogens with one attached hydrogen (secondary N) is 1. The third kappa shape index (κ3) is 3.69. The summed E-state index contributed by atoms with van der Waals surface area (Å²) >= 11 is 5.99. The number of hydrogen-bond acceptors (Lipinski definition) is 2. The van der Waals surface area contributed by atoms with E-state index >= 15 is 0 Å². The molecule has 3 rings (SSSR count). The lowest BCUT2D eigenvalue weighted by Crippen LogP contribution is -2.10. The van der Waals surface area contributed by atoms with Gasteiger partial charge in [-0.25, -0.2) is 0 Å². The highest BCUT2D eigenvalue weighted by atomic mass is 35.5. The minimum absolute atomic E-state index is 0.262. The summed E-state index contributed by atoms with van der Waals surface area (Å²) in [5.41, 5.74) is 2.81. The summed E-state index contributed by atoms with van der Waals surface area (Å²) in [4.78, 5) is 12.3. The fraction of sp³-hybridized carbons (Fsp3) is 0.150. The van der Waals surface area contributed by atoms with Crippen LogP contribution in [0, 0.1) is 0 Å². The third-order valence-electron chi connectivity index (χ3n) is 3.77. The van der Waals surface area contributed by atoms with Crippen LogP contribution in [0.2, 0.25) is 5.02 Å². The minimum Gasteiger partial charge on any atom is -0.451 e. The highest BCUT2D eigenvalue weighted by Gasteiger charge is 2.13. The molecular weight excluding hydrogens is 322 g/mol. The number of hydrogen-bond donors (Lipinski definition) is 1. The molecule has 3 nitrogen and oxygen atoms in total. The number of carbonyl (C=O) groups excluding carboxylic acids is 1. The Balaban J connectivity index is 1.74. The summed E-state index contributed by atoms with van der Waals surface area (Å²) in [6, 6.07) is 18.6. The Morgan fingerprint density at radius 1 is 1.04 bits per heavy atom. The predicted molar refractivity (Wildman–Crippen MR) is 97.6 cm³/mol. The lowest BCUT2D eigenvalue weighted by molar-refractivity contribution is 0.0997. The highest BCUT2D eigenvalue weighted by Crippen LogP contribution is 2.25. The summed E-state index contributed by atoms with van der Waals surface area (Å²) in [5, 5.41) is 3.47. The van der Waals surface area contributed by atoms with Crippen molar-refractivity contribution in [1.29, 1.82) is 0 Å². The molecule has 0 saturated carbocycles. The van der Waals surface area contributed by atoms with Crippen molar-refractivity contribution in [1.82, 2.24) is 0 Å². The SMILES string of the molecule is CC(C)c1ccc(NC(=O)c2ccc(-c3cccc(Cl)c3)o2)cc1. The molecule has 0 unspecified atom stereocenters. The van der Waals surface area contributed by atoms with Gasteiger partial charge in [0.1, 0.15) is 5.76 Å². The zero-order chi connectivity index (χ0) is 17.1. The predicted octanol–water partition coefficient (Wildman–Crippen LogP) is 5.98. The topological polar surface area (TPSA) is 42.2 Å². The maximum absolute atomic E-state index is 12.3. The Morgan fingerprint density at radius 3 is 2.46 bits per heavy atom. The fourth-order valence-electron chi connectivity index (χ4n) is 2.40. The molecular formula is C20H18ClNO2. The molecule has 0 aliphatic carbocycles. The lowest BCUT2D eigenvalue weighted by atomic mass is 10.0. The van der Waals surface area contributed by atoms with Gasteiger partial charge >= 0.3 is 0 Å². The van der Waals surface area contributed by atoms with E-state index in [-0.39, 0.29) is 11.7 Å². The van der Waals surface area contributed by atoms with E-state index in [2.05, 4.69) is 19.2 Å². The molecule has 2 aromatic carbocycles. The van der Waals surface area contributed by atoms with Crippen molar-refractivity contribution in [2.24, 2.45) is 0 Å². The Morgan fingerprint density at radius 2 is 1.79 bits per heavy atom. The Labute approximate surface area is 146 Å². The number of rotatable bonds is 4. The quantitative estimate of drug-likeness (QED) is 0.635. The van der Waals surface area contributed by atoms with E-state index < -0.39 is 0 Å². The molecule has 0 aliphatic heterocycles. The van der Waals surface area contributed by atoms with E-state index in [1.807, 2.05) is 36.4 Å². The van der Waals surface area contributed by atoms with E-state index in [1.54, 1.807) is 24.3 Å². The van der Waals surface area contributed by atoms with Gasteiger partial charge in [0.05, 0.1) is 0 Å². The van der Waals surface area contributed by atoms with E-state index in [9.17, 15) is 4.79 Å². The molecule has 0 atom stereocenters. The van der Waals surface area contributed by atoms with Crippen molar-refractivity contribution in [3.63, 3.8) is 0 Å². The number of furan rings is 1. The van der Waals surface area contributed by atoms with Crippen molar-refractivity contribution in [2.45, 2.75) is 19.8 Å². The van der Waals surface area contributed by atoms with Gasteiger partial charge < -0.3 is 9.73 Å².